The topological polar surface area (TPSA) is 53.2 Å². The highest BCUT2D eigenvalue weighted by Crippen LogP contribution is 2.14. The number of rotatable bonds is 3. The van der Waals surface area contributed by atoms with Gasteiger partial charge in [-0.2, -0.15) is 0 Å². The van der Waals surface area contributed by atoms with Crippen molar-refractivity contribution in [1.29, 1.82) is 0 Å². The largest absolute Gasteiger partial charge is 0.338 e. The number of anilines is 1. The Labute approximate surface area is 112 Å². The van der Waals surface area contributed by atoms with Crippen LogP contribution in [0.15, 0.2) is 24.3 Å². The average Bonchev–Trinajstić information content (AvgIpc) is 2.38. The van der Waals surface area contributed by atoms with Gasteiger partial charge in [0.15, 0.2) is 0 Å². The molecule has 3 N–H and O–H groups in total. The van der Waals surface area contributed by atoms with Crippen LogP contribution < -0.4 is 16.0 Å². The Bertz CT molecular complexity index is 405. The van der Waals surface area contributed by atoms with Crippen LogP contribution in [0.3, 0.4) is 0 Å². The Hall–Kier alpha value is -1.26. The first-order valence-corrected chi connectivity index (χ1v) is 6.63. The molecule has 1 aliphatic rings. The number of piperidine rings is 1. The SMILES string of the molecule is O=C(NCC1CCCNC1)Nc1cccc(Cl)c1. The van der Waals surface area contributed by atoms with Crippen LogP contribution in [0.25, 0.3) is 0 Å². The third kappa shape index (κ3) is 4.20. The van der Waals surface area contributed by atoms with Gasteiger partial charge in [-0.25, -0.2) is 4.79 Å². The molecule has 0 saturated carbocycles. The molecule has 5 heteroatoms. The summed E-state index contributed by atoms with van der Waals surface area (Å²) in [5, 5.41) is 9.60. The van der Waals surface area contributed by atoms with Crippen molar-refractivity contribution in [2.45, 2.75) is 12.8 Å². The second-order valence-corrected chi connectivity index (χ2v) is 4.99. The van der Waals surface area contributed by atoms with Crippen LogP contribution >= 0.6 is 11.6 Å². The third-order valence-corrected chi connectivity index (χ3v) is 3.27. The van der Waals surface area contributed by atoms with Crippen molar-refractivity contribution >= 4 is 23.3 Å². The van der Waals surface area contributed by atoms with Crippen LogP contribution in [0.5, 0.6) is 0 Å². The van der Waals surface area contributed by atoms with Crippen LogP contribution in [0.2, 0.25) is 5.02 Å². The number of hydrogen-bond donors (Lipinski definition) is 3. The fourth-order valence-electron chi connectivity index (χ4n) is 2.08. The molecule has 98 valence electrons. The van der Waals surface area contributed by atoms with Gasteiger partial charge in [0.1, 0.15) is 0 Å². The van der Waals surface area contributed by atoms with Crippen LogP contribution in [0, 0.1) is 5.92 Å². The van der Waals surface area contributed by atoms with E-state index in [4.69, 9.17) is 11.6 Å². The lowest BCUT2D eigenvalue weighted by Crippen LogP contribution is -2.39. The molecular formula is C13H18ClN3O. The molecule has 1 aromatic carbocycles. The quantitative estimate of drug-likeness (QED) is 0.788. The van der Waals surface area contributed by atoms with Crippen molar-refractivity contribution in [3.8, 4) is 0 Å². The Balaban J connectivity index is 1.74. The lowest BCUT2D eigenvalue weighted by molar-refractivity contribution is 0.248. The van der Waals surface area contributed by atoms with Crippen molar-refractivity contribution in [2.75, 3.05) is 25.0 Å². The lowest BCUT2D eigenvalue weighted by Gasteiger charge is -2.22. The number of urea groups is 1. The van der Waals surface area contributed by atoms with Gasteiger partial charge in [-0.3, -0.25) is 0 Å². The van der Waals surface area contributed by atoms with Crippen molar-refractivity contribution in [3.63, 3.8) is 0 Å². The van der Waals surface area contributed by atoms with E-state index in [1.54, 1.807) is 12.1 Å². The maximum Gasteiger partial charge on any atom is 0.319 e. The predicted octanol–water partition coefficient (Wildman–Crippen LogP) is 2.46. The molecule has 1 fully saturated rings. The normalized spacial score (nSPS) is 19.3. The summed E-state index contributed by atoms with van der Waals surface area (Å²) >= 11 is 5.85. The molecule has 1 aromatic rings. The molecule has 4 nitrogen and oxygen atoms in total. The van der Waals surface area contributed by atoms with Crippen LogP contribution in [-0.2, 0) is 0 Å². The first-order valence-electron chi connectivity index (χ1n) is 6.25. The van der Waals surface area contributed by atoms with Crippen molar-refractivity contribution in [1.82, 2.24) is 10.6 Å². The minimum Gasteiger partial charge on any atom is -0.338 e. The van der Waals surface area contributed by atoms with E-state index in [2.05, 4.69) is 16.0 Å². The first kappa shape index (κ1) is 13.2. The third-order valence-electron chi connectivity index (χ3n) is 3.03. The van der Waals surface area contributed by atoms with E-state index >= 15 is 0 Å². The van der Waals surface area contributed by atoms with Gasteiger partial charge in [-0.1, -0.05) is 17.7 Å². The molecule has 0 aromatic heterocycles. The zero-order valence-corrected chi connectivity index (χ0v) is 11.0. The zero-order chi connectivity index (χ0) is 12.8. The second kappa shape index (κ2) is 6.61. The van der Waals surface area contributed by atoms with E-state index in [0.717, 1.165) is 13.1 Å². The predicted molar refractivity (Wildman–Crippen MR) is 74.1 cm³/mol. The van der Waals surface area contributed by atoms with Gasteiger partial charge in [0.2, 0.25) is 0 Å². The highest BCUT2D eigenvalue weighted by atomic mass is 35.5. The van der Waals surface area contributed by atoms with E-state index in [-0.39, 0.29) is 6.03 Å². The smallest absolute Gasteiger partial charge is 0.319 e. The van der Waals surface area contributed by atoms with E-state index in [1.165, 1.54) is 12.8 Å². The number of carbonyl (C=O) groups excluding carboxylic acids is 1. The van der Waals surface area contributed by atoms with E-state index in [9.17, 15) is 4.79 Å². The Morgan fingerprint density at radius 1 is 1.50 bits per heavy atom. The number of hydrogen-bond acceptors (Lipinski definition) is 2. The number of nitrogens with one attached hydrogen (secondary N) is 3. The summed E-state index contributed by atoms with van der Waals surface area (Å²) < 4.78 is 0. The summed E-state index contributed by atoms with van der Waals surface area (Å²) in [6.45, 7) is 2.78. The van der Waals surface area contributed by atoms with Gasteiger partial charge in [-0.05, 0) is 50.0 Å². The minimum atomic E-state index is -0.178. The average molecular weight is 268 g/mol. The molecule has 2 amide bonds. The van der Waals surface area contributed by atoms with E-state index in [1.807, 2.05) is 12.1 Å². The molecule has 18 heavy (non-hydrogen) atoms. The molecule has 1 saturated heterocycles. The molecule has 1 aliphatic heterocycles. The zero-order valence-electron chi connectivity index (χ0n) is 10.2. The van der Waals surface area contributed by atoms with Crippen LogP contribution in [0.4, 0.5) is 10.5 Å². The van der Waals surface area contributed by atoms with Crippen molar-refractivity contribution in [2.24, 2.45) is 5.92 Å². The van der Waals surface area contributed by atoms with Crippen molar-refractivity contribution < 1.29 is 4.79 Å². The number of halogens is 1. The fraction of sp³-hybridized carbons (Fsp3) is 0.462. The van der Waals surface area contributed by atoms with Gasteiger partial charge in [0.05, 0.1) is 0 Å². The van der Waals surface area contributed by atoms with E-state index in [0.29, 0.717) is 23.2 Å². The molecule has 1 heterocycles. The maximum absolute atomic E-state index is 11.7. The molecule has 0 aliphatic carbocycles. The monoisotopic (exact) mass is 267 g/mol. The number of amides is 2. The number of carbonyl (C=O) groups is 1. The van der Waals surface area contributed by atoms with Gasteiger partial charge in [0.25, 0.3) is 0 Å². The Kier molecular flexibility index (Phi) is 4.84. The second-order valence-electron chi connectivity index (χ2n) is 4.56. The summed E-state index contributed by atoms with van der Waals surface area (Å²) in [6.07, 6.45) is 2.35. The van der Waals surface area contributed by atoms with Gasteiger partial charge >= 0.3 is 6.03 Å². The maximum atomic E-state index is 11.7. The summed E-state index contributed by atoms with van der Waals surface area (Å²) in [5.74, 6) is 0.531. The molecule has 0 radical (unpaired) electrons. The highest BCUT2D eigenvalue weighted by Gasteiger charge is 2.13. The fourth-order valence-corrected chi connectivity index (χ4v) is 2.27. The first-order chi connectivity index (χ1) is 8.74. The molecule has 2 rings (SSSR count). The molecular weight excluding hydrogens is 250 g/mol. The Morgan fingerprint density at radius 3 is 3.11 bits per heavy atom. The van der Waals surface area contributed by atoms with Crippen LogP contribution in [0.1, 0.15) is 12.8 Å². The van der Waals surface area contributed by atoms with Gasteiger partial charge in [0, 0.05) is 17.3 Å². The standard InChI is InChI=1S/C13H18ClN3O/c14-11-4-1-5-12(7-11)17-13(18)16-9-10-3-2-6-15-8-10/h1,4-5,7,10,15H,2-3,6,8-9H2,(H2,16,17,18). The Morgan fingerprint density at radius 2 is 2.39 bits per heavy atom. The molecule has 1 atom stereocenters. The molecule has 0 bridgehead atoms. The summed E-state index contributed by atoms with van der Waals surface area (Å²) in [5.41, 5.74) is 0.710. The summed E-state index contributed by atoms with van der Waals surface area (Å²) in [7, 11) is 0. The van der Waals surface area contributed by atoms with E-state index < -0.39 is 0 Å². The summed E-state index contributed by atoms with van der Waals surface area (Å²) in [6, 6.07) is 6.95. The molecule has 0 spiro atoms. The van der Waals surface area contributed by atoms with Gasteiger partial charge < -0.3 is 16.0 Å². The lowest BCUT2D eigenvalue weighted by atomic mass is 10.00. The highest BCUT2D eigenvalue weighted by molar-refractivity contribution is 6.30. The molecule has 1 unspecified atom stereocenters. The van der Waals surface area contributed by atoms with Crippen molar-refractivity contribution in [3.05, 3.63) is 29.3 Å². The van der Waals surface area contributed by atoms with Gasteiger partial charge in [-0.15, -0.1) is 0 Å². The number of benzene rings is 1. The van der Waals surface area contributed by atoms with Crippen LogP contribution in [-0.4, -0.2) is 25.7 Å². The summed E-state index contributed by atoms with van der Waals surface area (Å²) in [4.78, 5) is 11.7. The minimum absolute atomic E-state index is 0.178.